The van der Waals surface area contributed by atoms with Gasteiger partial charge in [0, 0.05) is 6.54 Å². The number of ketones is 1. The highest BCUT2D eigenvalue weighted by Gasteiger charge is 2.47. The van der Waals surface area contributed by atoms with Gasteiger partial charge in [-0.05, 0) is 55.0 Å². The fraction of sp³-hybridized carbons (Fsp3) is 0.200. The van der Waals surface area contributed by atoms with Gasteiger partial charge >= 0.3 is 0 Å². The number of ether oxygens (including phenoxy) is 2. The number of aryl methyl sites for hydroxylation is 1. The summed E-state index contributed by atoms with van der Waals surface area (Å²) in [7, 11) is 2.90. The van der Waals surface area contributed by atoms with Crippen molar-refractivity contribution < 1.29 is 33.0 Å². The molecule has 0 radical (unpaired) electrons. The van der Waals surface area contributed by atoms with Gasteiger partial charge in [-0.2, -0.15) is 0 Å². The molecule has 1 saturated heterocycles. The number of carbonyl (C=O) groups excluding carboxylic acids is 2. The smallest absolute Gasteiger partial charge is 0.296 e. The molecule has 1 N–H and O–H groups in total. The van der Waals surface area contributed by atoms with Gasteiger partial charge < -0.3 is 23.9 Å². The summed E-state index contributed by atoms with van der Waals surface area (Å²) in [4.78, 5) is 27.5. The lowest BCUT2D eigenvalue weighted by molar-refractivity contribution is -0.140. The maximum Gasteiger partial charge on any atom is 0.296 e. The average Bonchev–Trinajstić information content (AvgIpc) is 3.35. The van der Waals surface area contributed by atoms with Crippen LogP contribution in [0.1, 0.15) is 28.7 Å². The van der Waals surface area contributed by atoms with Crippen molar-refractivity contribution in [3.8, 4) is 11.5 Å². The van der Waals surface area contributed by atoms with E-state index in [-0.39, 0.29) is 17.7 Å². The minimum absolute atomic E-state index is 0.0152. The topological polar surface area (TPSA) is 89.2 Å². The number of aliphatic hydroxyl groups is 1. The van der Waals surface area contributed by atoms with Crippen LogP contribution in [0.3, 0.4) is 0 Å². The number of likely N-dealkylation sites (tertiary alicyclic amines) is 1. The summed E-state index contributed by atoms with van der Waals surface area (Å²) in [6, 6.07) is 12.8. The van der Waals surface area contributed by atoms with Gasteiger partial charge in [-0.15, -0.1) is 0 Å². The molecule has 1 aliphatic rings. The van der Waals surface area contributed by atoms with E-state index in [1.165, 1.54) is 49.5 Å². The minimum Gasteiger partial charge on any atom is -0.507 e. The Morgan fingerprint density at radius 1 is 1.06 bits per heavy atom. The number of benzene rings is 2. The molecule has 7 nitrogen and oxygen atoms in total. The SMILES string of the molecule is COc1ccc(OC)c(/C(O)=C2\C(=O)C(=O)N(Cc3ccc(F)cc3)C2c2ccc(C)o2)c1. The molecule has 3 aromatic rings. The zero-order valence-corrected chi connectivity index (χ0v) is 18.3. The number of rotatable bonds is 6. The number of furan rings is 1. The first-order valence-electron chi connectivity index (χ1n) is 10.2. The predicted molar refractivity (Wildman–Crippen MR) is 117 cm³/mol. The molecular formula is C25H22FNO6. The van der Waals surface area contributed by atoms with Crippen molar-refractivity contribution in [3.63, 3.8) is 0 Å². The molecule has 1 aliphatic heterocycles. The second kappa shape index (κ2) is 8.82. The Labute approximate surface area is 189 Å². The molecule has 0 saturated carbocycles. The van der Waals surface area contributed by atoms with Crippen molar-refractivity contribution in [3.05, 3.63) is 88.6 Å². The van der Waals surface area contributed by atoms with Gasteiger partial charge in [-0.1, -0.05) is 12.1 Å². The van der Waals surface area contributed by atoms with Crippen LogP contribution in [0.5, 0.6) is 11.5 Å². The maximum atomic E-state index is 13.4. The molecular weight excluding hydrogens is 429 g/mol. The van der Waals surface area contributed by atoms with Crippen molar-refractivity contribution in [2.24, 2.45) is 0 Å². The molecule has 0 spiro atoms. The van der Waals surface area contributed by atoms with E-state index in [2.05, 4.69) is 0 Å². The molecule has 33 heavy (non-hydrogen) atoms. The van der Waals surface area contributed by atoms with Crippen LogP contribution in [-0.2, 0) is 16.1 Å². The fourth-order valence-electron chi connectivity index (χ4n) is 3.87. The van der Waals surface area contributed by atoms with Crippen LogP contribution in [0, 0.1) is 12.7 Å². The lowest BCUT2D eigenvalue weighted by atomic mass is 9.98. The van der Waals surface area contributed by atoms with Crippen molar-refractivity contribution in [2.45, 2.75) is 19.5 Å². The summed E-state index contributed by atoms with van der Waals surface area (Å²) in [5, 5.41) is 11.3. The highest BCUT2D eigenvalue weighted by atomic mass is 19.1. The number of Topliss-reactive ketones (excluding diaryl/α,β-unsaturated/α-hetero) is 1. The van der Waals surface area contributed by atoms with Crippen molar-refractivity contribution >= 4 is 17.4 Å². The summed E-state index contributed by atoms with van der Waals surface area (Å²) in [5.41, 5.74) is 0.679. The van der Waals surface area contributed by atoms with E-state index in [1.807, 2.05) is 0 Å². The summed E-state index contributed by atoms with van der Waals surface area (Å²) in [5.74, 6) is -0.863. The zero-order valence-electron chi connectivity index (χ0n) is 18.3. The molecule has 8 heteroatoms. The van der Waals surface area contributed by atoms with Crippen LogP contribution in [-0.4, -0.2) is 35.9 Å². The number of hydrogen-bond acceptors (Lipinski definition) is 6. The van der Waals surface area contributed by atoms with Crippen molar-refractivity contribution in [1.82, 2.24) is 4.90 Å². The molecule has 4 rings (SSSR count). The first-order chi connectivity index (χ1) is 15.8. The zero-order chi connectivity index (χ0) is 23.7. The molecule has 0 bridgehead atoms. The Morgan fingerprint density at radius 3 is 2.39 bits per heavy atom. The second-order valence-corrected chi connectivity index (χ2v) is 7.57. The average molecular weight is 451 g/mol. The Morgan fingerprint density at radius 2 is 1.79 bits per heavy atom. The van der Waals surface area contributed by atoms with Gasteiger partial charge in [-0.25, -0.2) is 4.39 Å². The van der Waals surface area contributed by atoms with Gasteiger partial charge in [0.1, 0.15) is 40.6 Å². The Hall–Kier alpha value is -4.07. The first-order valence-corrected chi connectivity index (χ1v) is 10.2. The minimum atomic E-state index is -0.986. The molecule has 1 amide bonds. The standard InChI is InChI=1S/C25H22FNO6/c1-14-4-10-20(33-14)22-21(23(28)18-12-17(31-2)9-11-19(18)32-3)24(29)25(30)27(22)13-15-5-7-16(26)8-6-15/h4-12,22,28H,13H2,1-3H3/b23-21+. The first kappa shape index (κ1) is 22.1. The molecule has 2 aromatic carbocycles. The second-order valence-electron chi connectivity index (χ2n) is 7.57. The molecule has 0 aliphatic carbocycles. The molecule has 1 fully saturated rings. The van der Waals surface area contributed by atoms with Crippen LogP contribution in [0.15, 0.2) is 64.6 Å². The normalized spacial score (nSPS) is 17.5. The highest BCUT2D eigenvalue weighted by Crippen LogP contribution is 2.42. The maximum absolute atomic E-state index is 13.4. The highest BCUT2D eigenvalue weighted by molar-refractivity contribution is 6.46. The fourth-order valence-corrected chi connectivity index (χ4v) is 3.87. The van der Waals surface area contributed by atoms with Crippen LogP contribution in [0.25, 0.3) is 5.76 Å². The number of hydrogen-bond donors (Lipinski definition) is 1. The van der Waals surface area contributed by atoms with E-state index < -0.39 is 29.3 Å². The molecule has 1 aromatic heterocycles. The molecule has 2 heterocycles. The third kappa shape index (κ3) is 4.07. The van der Waals surface area contributed by atoms with E-state index >= 15 is 0 Å². The Bertz CT molecular complexity index is 1240. The largest absolute Gasteiger partial charge is 0.507 e. The summed E-state index contributed by atoms with van der Waals surface area (Å²) >= 11 is 0. The number of nitrogens with zero attached hydrogens (tertiary/aromatic N) is 1. The van der Waals surface area contributed by atoms with E-state index in [0.717, 1.165) is 0 Å². The summed E-state index contributed by atoms with van der Waals surface area (Å²) in [6.07, 6.45) is 0. The number of carbonyl (C=O) groups is 2. The van der Waals surface area contributed by atoms with Gasteiger partial charge in [0.15, 0.2) is 0 Å². The number of methoxy groups -OCH3 is 2. The van der Waals surface area contributed by atoms with Crippen LogP contribution < -0.4 is 9.47 Å². The lowest BCUT2D eigenvalue weighted by Crippen LogP contribution is -2.29. The van der Waals surface area contributed by atoms with Gasteiger partial charge in [0.25, 0.3) is 11.7 Å². The van der Waals surface area contributed by atoms with E-state index in [4.69, 9.17) is 13.9 Å². The summed E-state index contributed by atoms with van der Waals surface area (Å²) < 4.78 is 29.7. The van der Waals surface area contributed by atoms with E-state index in [9.17, 15) is 19.1 Å². The molecule has 1 unspecified atom stereocenters. The van der Waals surface area contributed by atoms with Gasteiger partial charge in [0.2, 0.25) is 0 Å². The van der Waals surface area contributed by atoms with Crippen molar-refractivity contribution in [1.29, 1.82) is 0 Å². The third-order valence-electron chi connectivity index (χ3n) is 5.50. The van der Waals surface area contributed by atoms with Crippen LogP contribution in [0.2, 0.25) is 0 Å². The van der Waals surface area contributed by atoms with Crippen LogP contribution in [0.4, 0.5) is 4.39 Å². The van der Waals surface area contributed by atoms with E-state index in [0.29, 0.717) is 28.6 Å². The third-order valence-corrected chi connectivity index (χ3v) is 5.50. The van der Waals surface area contributed by atoms with Crippen molar-refractivity contribution in [2.75, 3.05) is 14.2 Å². The quantitative estimate of drug-likeness (QED) is 0.340. The van der Waals surface area contributed by atoms with E-state index in [1.54, 1.807) is 31.2 Å². The lowest BCUT2D eigenvalue weighted by Gasteiger charge is -2.23. The van der Waals surface area contributed by atoms with Gasteiger partial charge in [0.05, 0.1) is 25.4 Å². The molecule has 170 valence electrons. The Kier molecular flexibility index (Phi) is 5.91. The number of halogens is 1. The number of aliphatic hydroxyl groups excluding tert-OH is 1. The molecule has 1 atom stereocenters. The number of amides is 1. The Balaban J connectivity index is 1.88. The van der Waals surface area contributed by atoms with Crippen LogP contribution >= 0.6 is 0 Å². The summed E-state index contributed by atoms with van der Waals surface area (Å²) in [6.45, 7) is 1.75. The monoisotopic (exact) mass is 451 g/mol. The predicted octanol–water partition coefficient (Wildman–Crippen LogP) is 4.37. The van der Waals surface area contributed by atoms with Gasteiger partial charge in [-0.3, -0.25) is 9.59 Å².